The van der Waals surface area contributed by atoms with E-state index >= 15 is 0 Å². The molecule has 0 spiro atoms. The topological polar surface area (TPSA) is 90.9 Å². The zero-order valence-electron chi connectivity index (χ0n) is 4.50. The molecule has 0 fully saturated rings. The van der Waals surface area contributed by atoms with Gasteiger partial charge < -0.3 is 10.3 Å². The fourth-order valence-corrected chi connectivity index (χ4v) is 0.100. The molecule has 42 valence electrons. The molecule has 3 N–H and O–H groups in total. The number of oxime groups is 1. The van der Waals surface area contributed by atoms with Gasteiger partial charge in [0, 0.05) is 5.90 Å². The zero-order chi connectivity index (χ0) is 5.70. The molecule has 0 aromatic carbocycles. The largest absolute Gasteiger partial charge is 1.00 e. The zero-order valence-corrected chi connectivity index (χ0v) is 6.50. The average Bonchev–Trinajstić information content (AvgIpc) is 1.68. The third-order valence-electron chi connectivity index (χ3n) is 0.318. The maximum atomic E-state index is 9.79. The summed E-state index contributed by atoms with van der Waals surface area (Å²) in [6.45, 7) is -0.378. The molecular weight excluding hydrogens is 123 g/mol. The van der Waals surface area contributed by atoms with E-state index in [9.17, 15) is 5.11 Å². The molecule has 0 saturated carbocycles. The fourth-order valence-electron chi connectivity index (χ4n) is 0.100. The molecule has 0 aliphatic rings. The fraction of sp³-hybridized carbons (Fsp3) is 0.500. The van der Waals surface area contributed by atoms with Gasteiger partial charge in [0.1, 0.15) is 0 Å². The Morgan fingerprint density at radius 1 is 1.88 bits per heavy atom. The Bertz CT molecular complexity index is 75.7. The Kier molecular flexibility index (Phi) is 9.93. The molecule has 0 aliphatic heterocycles. The molecule has 0 aromatic rings. The van der Waals surface area contributed by atoms with Gasteiger partial charge in [-0.05, 0) is 0 Å². The predicted octanol–water partition coefficient (Wildman–Crippen LogP) is -4.97. The molecule has 0 saturated heterocycles. The van der Waals surface area contributed by atoms with Gasteiger partial charge in [-0.3, -0.25) is 4.84 Å². The maximum absolute atomic E-state index is 9.79. The van der Waals surface area contributed by atoms with Gasteiger partial charge in [-0.15, -0.1) is 5.16 Å². The summed E-state index contributed by atoms with van der Waals surface area (Å²) in [5.41, 5.74) is 0. The molecule has 0 rings (SSSR count). The van der Waals surface area contributed by atoms with Crippen LogP contribution in [0.4, 0.5) is 0 Å². The van der Waals surface area contributed by atoms with Crippen molar-refractivity contribution in [2.45, 2.75) is 0 Å². The van der Waals surface area contributed by atoms with Crippen LogP contribution in [0, 0.1) is 0 Å². The van der Waals surface area contributed by atoms with E-state index in [2.05, 4.69) is 15.9 Å². The van der Waals surface area contributed by atoms with Gasteiger partial charge in [0.2, 0.25) is 0 Å². The smallest absolute Gasteiger partial charge is 0.858 e. The van der Waals surface area contributed by atoms with Crippen molar-refractivity contribution >= 4 is 5.90 Å². The number of nitrogens with zero attached hydrogens (tertiary/aromatic N) is 1. The summed E-state index contributed by atoms with van der Waals surface area (Å²) >= 11 is 0. The van der Waals surface area contributed by atoms with Crippen molar-refractivity contribution < 1.29 is 44.7 Å². The molecule has 6 heteroatoms. The van der Waals surface area contributed by atoms with Crippen LogP contribution in [0.15, 0.2) is 5.16 Å². The number of nitrogens with two attached hydrogens (primary N) is 1. The Morgan fingerprint density at radius 2 is 2.38 bits per heavy atom. The molecule has 0 radical (unpaired) electrons. The van der Waals surface area contributed by atoms with Crippen molar-refractivity contribution in [2.75, 3.05) is 6.61 Å². The second-order valence-electron chi connectivity index (χ2n) is 0.805. The van der Waals surface area contributed by atoms with E-state index in [4.69, 9.17) is 5.21 Å². The molecule has 0 aliphatic carbocycles. The van der Waals surface area contributed by atoms with Gasteiger partial charge in [-0.2, -0.15) is 0 Å². The molecule has 0 amide bonds. The summed E-state index contributed by atoms with van der Waals surface area (Å²) in [4.78, 5) is 3.79. The standard InChI is InChI=1S/C2H6N2O3.Na/c3-7-1-2(5)4-6;/h6H,1,3H2,(H,4,5);/q;+1/p-1. The molecule has 0 heterocycles. The van der Waals surface area contributed by atoms with Gasteiger partial charge in [-0.1, -0.05) is 0 Å². The van der Waals surface area contributed by atoms with Crippen molar-refractivity contribution in [3.8, 4) is 0 Å². The summed E-state index contributed by atoms with van der Waals surface area (Å²) in [5, 5.41) is 19.6. The van der Waals surface area contributed by atoms with Gasteiger partial charge in [0.25, 0.3) is 0 Å². The Labute approximate surface area is 68.4 Å². The summed E-state index contributed by atoms with van der Waals surface area (Å²) in [6, 6.07) is 0. The van der Waals surface area contributed by atoms with Crippen LogP contribution in [0.2, 0.25) is 0 Å². The van der Waals surface area contributed by atoms with Gasteiger partial charge in [0.05, 0.1) is 6.61 Å². The third-order valence-corrected chi connectivity index (χ3v) is 0.318. The van der Waals surface area contributed by atoms with E-state index in [0.717, 1.165) is 0 Å². The van der Waals surface area contributed by atoms with Crippen LogP contribution >= 0.6 is 0 Å². The van der Waals surface area contributed by atoms with Crippen LogP contribution in [0.3, 0.4) is 0 Å². The Morgan fingerprint density at radius 3 is 2.50 bits per heavy atom. The van der Waals surface area contributed by atoms with Crippen molar-refractivity contribution in [3.05, 3.63) is 0 Å². The average molecular weight is 128 g/mol. The minimum atomic E-state index is -0.789. The van der Waals surface area contributed by atoms with Crippen molar-refractivity contribution in [1.82, 2.24) is 0 Å². The molecule has 0 aromatic heterocycles. The van der Waals surface area contributed by atoms with Crippen molar-refractivity contribution in [3.63, 3.8) is 0 Å². The van der Waals surface area contributed by atoms with Gasteiger partial charge >= 0.3 is 29.6 Å². The van der Waals surface area contributed by atoms with E-state index in [1.165, 1.54) is 0 Å². The van der Waals surface area contributed by atoms with Gasteiger partial charge in [-0.25, -0.2) is 5.90 Å². The molecule has 0 atom stereocenters. The van der Waals surface area contributed by atoms with E-state index in [0.29, 0.717) is 0 Å². The monoisotopic (exact) mass is 128 g/mol. The Balaban J connectivity index is 0. The predicted molar refractivity (Wildman–Crippen MR) is 19.4 cm³/mol. The van der Waals surface area contributed by atoms with E-state index in [1.807, 2.05) is 0 Å². The summed E-state index contributed by atoms with van der Waals surface area (Å²) < 4.78 is 0. The van der Waals surface area contributed by atoms with E-state index < -0.39 is 5.90 Å². The summed E-state index contributed by atoms with van der Waals surface area (Å²) in [5.74, 6) is 3.62. The third kappa shape index (κ3) is 6.19. The van der Waals surface area contributed by atoms with Crippen LogP contribution in [0.5, 0.6) is 0 Å². The van der Waals surface area contributed by atoms with Crippen molar-refractivity contribution in [1.29, 1.82) is 0 Å². The normalized spacial score (nSPS) is 10.4. The van der Waals surface area contributed by atoms with Crippen LogP contribution in [0.25, 0.3) is 0 Å². The maximum Gasteiger partial charge on any atom is 1.00 e. The quantitative estimate of drug-likeness (QED) is 0.128. The van der Waals surface area contributed by atoms with Gasteiger partial charge in [0.15, 0.2) is 0 Å². The number of rotatable bonds is 2. The summed E-state index contributed by atoms with van der Waals surface area (Å²) in [6.07, 6.45) is 0. The molecule has 8 heavy (non-hydrogen) atoms. The minimum absolute atomic E-state index is 0. The first-order valence-electron chi connectivity index (χ1n) is 1.51. The first-order valence-corrected chi connectivity index (χ1v) is 1.51. The van der Waals surface area contributed by atoms with Crippen LogP contribution in [-0.2, 0) is 4.84 Å². The SMILES string of the molecule is NOCC([O-])=NO.[Na+]. The molecule has 0 unspecified atom stereocenters. The number of hydrogen-bond donors (Lipinski definition) is 2. The second-order valence-corrected chi connectivity index (χ2v) is 0.805. The minimum Gasteiger partial charge on any atom is -0.858 e. The van der Waals surface area contributed by atoms with Crippen LogP contribution in [0.1, 0.15) is 0 Å². The van der Waals surface area contributed by atoms with E-state index in [1.54, 1.807) is 0 Å². The Hall–Kier alpha value is 0.190. The first-order chi connectivity index (χ1) is 3.31. The molecule has 0 bridgehead atoms. The van der Waals surface area contributed by atoms with Crippen molar-refractivity contribution in [2.24, 2.45) is 11.1 Å². The number of hydrogen-bond acceptors (Lipinski definition) is 5. The summed E-state index contributed by atoms with van der Waals surface area (Å²) in [7, 11) is 0. The van der Waals surface area contributed by atoms with E-state index in [-0.39, 0.29) is 36.2 Å². The second kappa shape index (κ2) is 7.19. The molecule has 5 nitrogen and oxygen atoms in total. The van der Waals surface area contributed by atoms with Crippen LogP contribution < -0.4 is 40.6 Å². The molecular formula is C2H5N2NaO3. The first kappa shape index (κ1) is 11.0. The van der Waals surface area contributed by atoms with Crippen LogP contribution in [-0.4, -0.2) is 17.7 Å².